The van der Waals surface area contributed by atoms with Crippen molar-refractivity contribution in [2.45, 2.75) is 25.0 Å². The average molecular weight is 547 g/mol. The molecule has 2 atom stereocenters. The molecule has 0 heterocycles. The van der Waals surface area contributed by atoms with E-state index in [1.54, 1.807) is 0 Å². The Morgan fingerprint density at radius 1 is 0.357 bits per heavy atom. The monoisotopic (exact) mass is 546 g/mol. The van der Waals surface area contributed by atoms with Gasteiger partial charge in [-0.05, 0) is 69.5 Å². The number of aryl methyl sites for hydroxylation is 2. The summed E-state index contributed by atoms with van der Waals surface area (Å²) in [5.41, 5.74) is 5.20. The molecule has 0 bridgehead atoms. The Balaban J connectivity index is 1.61. The largest absolute Gasteiger partial charge is 0.377 e. The van der Waals surface area contributed by atoms with Gasteiger partial charge in [0.25, 0.3) is 0 Å². The van der Waals surface area contributed by atoms with Crippen LogP contribution in [0, 0.1) is 13.8 Å². The van der Waals surface area contributed by atoms with E-state index in [0.717, 1.165) is 33.4 Å². The topological polar surface area (TPSA) is 40.5 Å². The third-order valence-electron chi connectivity index (χ3n) is 8.36. The van der Waals surface area contributed by atoms with E-state index >= 15 is 0 Å². The second kappa shape index (κ2) is 11.3. The summed E-state index contributed by atoms with van der Waals surface area (Å²) in [5.74, 6) is 0. The van der Waals surface area contributed by atoms with Gasteiger partial charge in [0.15, 0.2) is 11.2 Å². The van der Waals surface area contributed by atoms with Gasteiger partial charge in [-0.15, -0.1) is 0 Å². The average Bonchev–Trinajstić information content (AvgIpc) is 3.05. The highest BCUT2D eigenvalue weighted by Crippen LogP contribution is 2.50. The second-order valence-electron chi connectivity index (χ2n) is 10.9. The molecule has 0 aliphatic carbocycles. The Kier molecular flexibility index (Phi) is 7.34. The van der Waals surface area contributed by atoms with Crippen molar-refractivity contribution < 1.29 is 10.2 Å². The molecule has 0 saturated carbocycles. The van der Waals surface area contributed by atoms with Crippen molar-refractivity contribution in [3.05, 3.63) is 191 Å². The van der Waals surface area contributed by atoms with E-state index in [4.69, 9.17) is 0 Å². The van der Waals surface area contributed by atoms with Crippen LogP contribution in [0.2, 0.25) is 0 Å². The molecule has 2 heteroatoms. The Morgan fingerprint density at radius 3 is 0.976 bits per heavy atom. The van der Waals surface area contributed by atoms with Crippen LogP contribution in [0.4, 0.5) is 0 Å². The van der Waals surface area contributed by atoms with Crippen molar-refractivity contribution >= 4 is 0 Å². The van der Waals surface area contributed by atoms with Crippen LogP contribution < -0.4 is 0 Å². The van der Waals surface area contributed by atoms with E-state index in [-0.39, 0.29) is 0 Å². The molecule has 0 fully saturated rings. The minimum absolute atomic E-state index is 0.605. The fourth-order valence-corrected chi connectivity index (χ4v) is 6.19. The fraction of sp³-hybridized carbons (Fsp3) is 0.100. The van der Waals surface area contributed by atoms with Gasteiger partial charge in [0.2, 0.25) is 0 Å². The van der Waals surface area contributed by atoms with Crippen LogP contribution in [0.15, 0.2) is 158 Å². The summed E-state index contributed by atoms with van der Waals surface area (Å²) in [5, 5.41) is 26.4. The smallest absolute Gasteiger partial charge is 0.152 e. The van der Waals surface area contributed by atoms with Crippen molar-refractivity contribution in [3.63, 3.8) is 0 Å². The van der Waals surface area contributed by atoms with Crippen molar-refractivity contribution in [2.75, 3.05) is 0 Å². The van der Waals surface area contributed by atoms with Crippen LogP contribution in [0.25, 0.3) is 22.3 Å². The molecule has 0 aliphatic rings. The van der Waals surface area contributed by atoms with E-state index in [2.05, 4.69) is 38.1 Å². The summed E-state index contributed by atoms with van der Waals surface area (Å²) in [4.78, 5) is 0. The molecule has 42 heavy (non-hydrogen) atoms. The van der Waals surface area contributed by atoms with Gasteiger partial charge in [0.1, 0.15) is 0 Å². The minimum atomic E-state index is -1.82. The first-order valence-electron chi connectivity index (χ1n) is 14.3. The first kappa shape index (κ1) is 27.4. The highest BCUT2D eigenvalue weighted by Gasteiger charge is 2.54. The SMILES string of the molecule is Cc1cc([C@](O)(c2ccccc2)[C@](O)(c2ccccc2)c2ccc(-c3ccccc3)c(C)c2)ccc1-c1ccccc1. The normalized spacial score (nSPS) is 14.1. The van der Waals surface area contributed by atoms with Crippen molar-refractivity contribution in [1.29, 1.82) is 0 Å². The molecule has 6 aromatic rings. The van der Waals surface area contributed by atoms with Crippen LogP contribution in [-0.2, 0) is 11.2 Å². The minimum Gasteiger partial charge on any atom is -0.377 e. The van der Waals surface area contributed by atoms with Gasteiger partial charge in [0.05, 0.1) is 0 Å². The van der Waals surface area contributed by atoms with E-state index < -0.39 is 11.2 Å². The van der Waals surface area contributed by atoms with Crippen LogP contribution in [0.3, 0.4) is 0 Å². The predicted octanol–water partition coefficient (Wildman–Crippen LogP) is 8.81. The van der Waals surface area contributed by atoms with Gasteiger partial charge in [0, 0.05) is 0 Å². The maximum Gasteiger partial charge on any atom is 0.152 e. The van der Waals surface area contributed by atoms with E-state index in [0.29, 0.717) is 22.3 Å². The lowest BCUT2D eigenvalue weighted by Crippen LogP contribution is -2.51. The molecule has 2 nitrogen and oxygen atoms in total. The molecular formula is C40H34O2. The number of hydrogen-bond donors (Lipinski definition) is 2. The number of aliphatic hydroxyl groups is 2. The predicted molar refractivity (Wildman–Crippen MR) is 172 cm³/mol. The molecular weight excluding hydrogens is 512 g/mol. The zero-order valence-corrected chi connectivity index (χ0v) is 23.9. The van der Waals surface area contributed by atoms with Crippen LogP contribution in [0.1, 0.15) is 33.4 Å². The second-order valence-corrected chi connectivity index (χ2v) is 10.9. The summed E-state index contributed by atoms with van der Waals surface area (Å²) < 4.78 is 0. The first-order chi connectivity index (χ1) is 20.4. The third-order valence-corrected chi connectivity index (χ3v) is 8.36. The van der Waals surface area contributed by atoms with E-state index in [1.165, 1.54) is 0 Å². The quantitative estimate of drug-likeness (QED) is 0.210. The number of benzene rings is 6. The lowest BCUT2D eigenvalue weighted by Gasteiger charge is -2.45. The highest BCUT2D eigenvalue weighted by molar-refractivity contribution is 5.70. The molecule has 0 saturated heterocycles. The van der Waals surface area contributed by atoms with Gasteiger partial charge in [-0.2, -0.15) is 0 Å². The standard InChI is InChI=1S/C40H34O2/c1-29-27-35(23-25-37(29)31-15-7-3-8-16-31)39(41,33-19-11-5-12-20-33)40(42,34-21-13-6-14-22-34)36-24-26-38(30(2)28-36)32-17-9-4-10-18-32/h3-28,41-42H,1-2H3/t39-,40+. The number of rotatable bonds is 7. The Labute approximate surface area is 248 Å². The van der Waals surface area contributed by atoms with Gasteiger partial charge in [-0.3, -0.25) is 0 Å². The summed E-state index contributed by atoms with van der Waals surface area (Å²) in [6, 6.07) is 51.5. The number of hydrogen-bond acceptors (Lipinski definition) is 2. The lowest BCUT2D eigenvalue weighted by molar-refractivity contribution is -0.113. The Bertz CT molecular complexity index is 1660. The molecule has 6 rings (SSSR count). The van der Waals surface area contributed by atoms with Crippen LogP contribution in [-0.4, -0.2) is 10.2 Å². The zero-order chi connectivity index (χ0) is 29.2. The molecule has 6 aromatic carbocycles. The fourth-order valence-electron chi connectivity index (χ4n) is 6.19. The summed E-state index contributed by atoms with van der Waals surface area (Å²) in [7, 11) is 0. The Hall–Kier alpha value is -4.76. The van der Waals surface area contributed by atoms with Gasteiger partial charge < -0.3 is 10.2 Å². The highest BCUT2D eigenvalue weighted by atomic mass is 16.4. The van der Waals surface area contributed by atoms with Crippen molar-refractivity contribution in [1.82, 2.24) is 0 Å². The molecule has 0 unspecified atom stereocenters. The van der Waals surface area contributed by atoms with Gasteiger partial charge in [-0.1, -0.05) is 158 Å². The van der Waals surface area contributed by atoms with Crippen LogP contribution in [0.5, 0.6) is 0 Å². The molecule has 2 N–H and O–H groups in total. The van der Waals surface area contributed by atoms with Gasteiger partial charge >= 0.3 is 0 Å². The molecule has 0 aliphatic heterocycles. The molecule has 0 amide bonds. The maximum absolute atomic E-state index is 13.2. The first-order valence-corrected chi connectivity index (χ1v) is 14.3. The summed E-state index contributed by atoms with van der Waals surface area (Å²) in [6.45, 7) is 4.11. The third kappa shape index (κ3) is 4.65. The van der Waals surface area contributed by atoms with Crippen molar-refractivity contribution in [2.24, 2.45) is 0 Å². The summed E-state index contributed by atoms with van der Waals surface area (Å²) >= 11 is 0. The van der Waals surface area contributed by atoms with Gasteiger partial charge in [-0.25, -0.2) is 0 Å². The molecule has 0 aromatic heterocycles. The zero-order valence-electron chi connectivity index (χ0n) is 23.9. The van der Waals surface area contributed by atoms with E-state index in [1.807, 2.05) is 133 Å². The summed E-state index contributed by atoms with van der Waals surface area (Å²) in [6.07, 6.45) is 0. The molecule has 0 spiro atoms. The maximum atomic E-state index is 13.2. The molecule has 0 radical (unpaired) electrons. The van der Waals surface area contributed by atoms with Crippen molar-refractivity contribution in [3.8, 4) is 22.3 Å². The lowest BCUT2D eigenvalue weighted by atomic mass is 9.65. The van der Waals surface area contributed by atoms with E-state index in [9.17, 15) is 10.2 Å². The molecule has 206 valence electrons. The Morgan fingerprint density at radius 2 is 0.667 bits per heavy atom. The van der Waals surface area contributed by atoms with Crippen LogP contribution >= 0.6 is 0 Å².